The molecule has 70 valence electrons. The van der Waals surface area contributed by atoms with Crippen LogP contribution in [-0.2, 0) is 11.3 Å². The molecular formula is C9H12N2OS. The highest BCUT2D eigenvalue weighted by Gasteiger charge is 2.17. The highest BCUT2D eigenvalue weighted by molar-refractivity contribution is 7.07. The molecule has 0 radical (unpaired) electrons. The summed E-state index contributed by atoms with van der Waals surface area (Å²) in [5, 5.41) is 7.19. The number of carbonyl (C=O) groups is 1. The van der Waals surface area contributed by atoms with Crippen molar-refractivity contribution in [3.63, 3.8) is 0 Å². The molecule has 1 aromatic heterocycles. The molecule has 1 saturated heterocycles. The monoisotopic (exact) mass is 196 g/mol. The second kappa shape index (κ2) is 3.89. The normalized spacial score (nSPS) is 17.8. The average Bonchev–Trinajstić information content (AvgIpc) is 2.61. The molecule has 1 fully saturated rings. The summed E-state index contributed by atoms with van der Waals surface area (Å²) < 4.78 is 0. The van der Waals surface area contributed by atoms with Crippen molar-refractivity contribution >= 4 is 17.2 Å². The quantitative estimate of drug-likeness (QED) is 0.754. The van der Waals surface area contributed by atoms with Crippen LogP contribution in [0.5, 0.6) is 0 Å². The Morgan fingerprint density at radius 1 is 1.62 bits per heavy atom. The van der Waals surface area contributed by atoms with Gasteiger partial charge in [0.15, 0.2) is 0 Å². The molecule has 0 aromatic carbocycles. The van der Waals surface area contributed by atoms with Crippen molar-refractivity contribution in [2.24, 2.45) is 0 Å². The molecule has 2 rings (SSSR count). The van der Waals surface area contributed by atoms with Crippen molar-refractivity contribution < 1.29 is 4.79 Å². The Balaban J connectivity index is 1.97. The number of hydrogen-bond donors (Lipinski definition) is 1. The van der Waals surface area contributed by atoms with Crippen molar-refractivity contribution in [1.82, 2.24) is 10.2 Å². The lowest BCUT2D eigenvalue weighted by molar-refractivity contribution is -0.132. The lowest BCUT2D eigenvalue weighted by Crippen LogP contribution is -2.47. The van der Waals surface area contributed by atoms with E-state index in [4.69, 9.17) is 0 Å². The molecule has 0 saturated carbocycles. The summed E-state index contributed by atoms with van der Waals surface area (Å²) in [6.45, 7) is 3.00. The van der Waals surface area contributed by atoms with Crippen molar-refractivity contribution in [3.8, 4) is 0 Å². The molecule has 0 spiro atoms. The zero-order valence-electron chi connectivity index (χ0n) is 7.32. The Labute approximate surface area is 81.4 Å². The number of hydrogen-bond acceptors (Lipinski definition) is 3. The molecule has 3 nitrogen and oxygen atoms in total. The first-order valence-electron chi connectivity index (χ1n) is 4.36. The summed E-state index contributed by atoms with van der Waals surface area (Å²) >= 11 is 1.68. The van der Waals surface area contributed by atoms with Gasteiger partial charge < -0.3 is 10.2 Å². The third kappa shape index (κ3) is 2.08. The Morgan fingerprint density at radius 3 is 3.23 bits per heavy atom. The first-order chi connectivity index (χ1) is 6.36. The second-order valence-electron chi connectivity index (χ2n) is 3.12. The largest absolute Gasteiger partial charge is 0.336 e. The first kappa shape index (κ1) is 8.72. The topological polar surface area (TPSA) is 32.3 Å². The fourth-order valence-corrected chi connectivity index (χ4v) is 2.08. The van der Waals surface area contributed by atoms with Crippen LogP contribution in [0, 0.1) is 0 Å². The van der Waals surface area contributed by atoms with Crippen LogP contribution in [0.3, 0.4) is 0 Å². The van der Waals surface area contributed by atoms with E-state index in [0.717, 1.165) is 19.6 Å². The third-order valence-electron chi connectivity index (χ3n) is 2.14. The van der Waals surface area contributed by atoms with Crippen LogP contribution >= 0.6 is 11.3 Å². The van der Waals surface area contributed by atoms with Gasteiger partial charge in [-0.15, -0.1) is 0 Å². The minimum absolute atomic E-state index is 0.206. The van der Waals surface area contributed by atoms with Gasteiger partial charge in [0.25, 0.3) is 0 Å². The number of piperazine rings is 1. The SMILES string of the molecule is O=C1CNCCN1Cc1ccsc1. The molecule has 0 aliphatic carbocycles. The third-order valence-corrected chi connectivity index (χ3v) is 2.87. The standard InChI is InChI=1S/C9H12N2OS/c12-9-5-10-2-3-11(9)6-8-1-4-13-7-8/h1,4,7,10H,2-3,5-6H2. The minimum atomic E-state index is 0.206. The molecule has 1 aliphatic rings. The molecule has 0 unspecified atom stereocenters. The molecule has 2 heterocycles. The Bertz CT molecular complexity index is 284. The molecule has 13 heavy (non-hydrogen) atoms. The van der Waals surface area contributed by atoms with Gasteiger partial charge in [-0.3, -0.25) is 4.79 Å². The van der Waals surface area contributed by atoms with Crippen LogP contribution in [-0.4, -0.2) is 30.4 Å². The lowest BCUT2D eigenvalue weighted by atomic mass is 10.3. The Kier molecular flexibility index (Phi) is 2.61. The molecule has 1 aromatic rings. The van der Waals surface area contributed by atoms with Crippen LogP contribution < -0.4 is 5.32 Å². The van der Waals surface area contributed by atoms with Crippen LogP contribution in [0.15, 0.2) is 16.8 Å². The van der Waals surface area contributed by atoms with E-state index in [1.165, 1.54) is 5.56 Å². The van der Waals surface area contributed by atoms with E-state index < -0.39 is 0 Å². The summed E-state index contributed by atoms with van der Waals surface area (Å²) in [5.41, 5.74) is 1.24. The maximum absolute atomic E-state index is 11.4. The van der Waals surface area contributed by atoms with E-state index in [0.29, 0.717) is 6.54 Å². The number of nitrogens with zero attached hydrogens (tertiary/aromatic N) is 1. The highest BCUT2D eigenvalue weighted by Crippen LogP contribution is 2.10. The van der Waals surface area contributed by atoms with Gasteiger partial charge in [-0.2, -0.15) is 11.3 Å². The Morgan fingerprint density at radius 2 is 2.54 bits per heavy atom. The number of carbonyl (C=O) groups excluding carboxylic acids is 1. The van der Waals surface area contributed by atoms with Gasteiger partial charge in [-0.1, -0.05) is 0 Å². The van der Waals surface area contributed by atoms with E-state index in [2.05, 4.69) is 16.8 Å². The maximum Gasteiger partial charge on any atom is 0.236 e. The summed E-state index contributed by atoms with van der Waals surface area (Å²) in [4.78, 5) is 13.3. The predicted octanol–water partition coefficient (Wildman–Crippen LogP) is 0.680. The molecule has 1 N–H and O–H groups in total. The van der Waals surface area contributed by atoms with E-state index in [1.54, 1.807) is 11.3 Å². The van der Waals surface area contributed by atoms with Crippen LogP contribution in [0.25, 0.3) is 0 Å². The lowest BCUT2D eigenvalue weighted by Gasteiger charge is -2.26. The predicted molar refractivity (Wildman–Crippen MR) is 52.6 cm³/mol. The van der Waals surface area contributed by atoms with E-state index in [9.17, 15) is 4.79 Å². The number of amides is 1. The summed E-state index contributed by atoms with van der Waals surface area (Å²) in [5.74, 6) is 0.206. The van der Waals surface area contributed by atoms with Crippen molar-refractivity contribution in [2.75, 3.05) is 19.6 Å². The van der Waals surface area contributed by atoms with Crippen molar-refractivity contribution in [1.29, 1.82) is 0 Å². The van der Waals surface area contributed by atoms with E-state index >= 15 is 0 Å². The fraction of sp³-hybridized carbons (Fsp3) is 0.444. The van der Waals surface area contributed by atoms with Crippen LogP contribution in [0.1, 0.15) is 5.56 Å². The zero-order chi connectivity index (χ0) is 9.10. The van der Waals surface area contributed by atoms with Gasteiger partial charge in [-0.25, -0.2) is 0 Å². The van der Waals surface area contributed by atoms with Crippen LogP contribution in [0.2, 0.25) is 0 Å². The number of nitrogens with one attached hydrogen (secondary N) is 1. The van der Waals surface area contributed by atoms with Crippen LogP contribution in [0.4, 0.5) is 0 Å². The zero-order valence-corrected chi connectivity index (χ0v) is 8.14. The average molecular weight is 196 g/mol. The van der Waals surface area contributed by atoms with Crippen molar-refractivity contribution in [2.45, 2.75) is 6.54 Å². The smallest absolute Gasteiger partial charge is 0.236 e. The van der Waals surface area contributed by atoms with Gasteiger partial charge in [0.05, 0.1) is 6.54 Å². The van der Waals surface area contributed by atoms with Crippen molar-refractivity contribution in [3.05, 3.63) is 22.4 Å². The highest BCUT2D eigenvalue weighted by atomic mass is 32.1. The molecule has 1 aliphatic heterocycles. The van der Waals surface area contributed by atoms with Gasteiger partial charge in [0.1, 0.15) is 0 Å². The van der Waals surface area contributed by atoms with E-state index in [-0.39, 0.29) is 5.91 Å². The number of rotatable bonds is 2. The molecule has 0 bridgehead atoms. The van der Waals surface area contributed by atoms with Gasteiger partial charge in [0.2, 0.25) is 5.91 Å². The van der Waals surface area contributed by atoms with Gasteiger partial charge in [0, 0.05) is 19.6 Å². The molecule has 4 heteroatoms. The Hall–Kier alpha value is -0.870. The first-order valence-corrected chi connectivity index (χ1v) is 5.30. The number of thiophene rings is 1. The van der Waals surface area contributed by atoms with Gasteiger partial charge >= 0.3 is 0 Å². The summed E-state index contributed by atoms with van der Waals surface area (Å²) in [6.07, 6.45) is 0. The van der Waals surface area contributed by atoms with Gasteiger partial charge in [-0.05, 0) is 22.4 Å². The fourth-order valence-electron chi connectivity index (χ4n) is 1.42. The van der Waals surface area contributed by atoms with E-state index in [1.807, 2.05) is 10.3 Å². The maximum atomic E-state index is 11.4. The molecule has 1 amide bonds. The molecular weight excluding hydrogens is 184 g/mol. The second-order valence-corrected chi connectivity index (χ2v) is 3.90. The summed E-state index contributed by atoms with van der Waals surface area (Å²) in [6, 6.07) is 2.07. The summed E-state index contributed by atoms with van der Waals surface area (Å²) in [7, 11) is 0. The minimum Gasteiger partial charge on any atom is -0.336 e. The molecule has 0 atom stereocenters.